The number of likely N-dealkylation sites (tertiary alicyclic amines) is 1. The molecule has 1 aliphatic rings. The van der Waals surface area contributed by atoms with Crippen molar-refractivity contribution in [3.05, 3.63) is 59.5 Å². The number of fused-ring (bicyclic) bond motifs is 1. The van der Waals surface area contributed by atoms with Crippen molar-refractivity contribution in [3.8, 4) is 0 Å². The summed E-state index contributed by atoms with van der Waals surface area (Å²) in [5.74, 6) is 1.66. The van der Waals surface area contributed by atoms with E-state index in [-0.39, 0.29) is 5.91 Å². The minimum atomic E-state index is 0.148. The lowest BCUT2D eigenvalue weighted by atomic mass is 10.0. The number of benzene rings is 1. The molecule has 1 saturated heterocycles. The number of rotatable bonds is 4. The first-order valence-electron chi connectivity index (χ1n) is 9.71. The molecule has 3 heterocycles. The van der Waals surface area contributed by atoms with Gasteiger partial charge in [-0.1, -0.05) is 18.2 Å². The molecule has 5 nitrogen and oxygen atoms in total. The molecule has 1 aromatic carbocycles. The summed E-state index contributed by atoms with van der Waals surface area (Å²) in [6, 6.07) is 12.1. The summed E-state index contributed by atoms with van der Waals surface area (Å²) in [6.45, 7) is 7.95. The summed E-state index contributed by atoms with van der Waals surface area (Å²) in [5, 5.41) is 0. The predicted octanol–water partition coefficient (Wildman–Crippen LogP) is 4.03. The number of carbonyl (C=O) groups excluding carboxylic acids is 1. The van der Waals surface area contributed by atoms with Gasteiger partial charge in [-0.25, -0.2) is 9.97 Å². The van der Waals surface area contributed by atoms with Crippen LogP contribution in [0.1, 0.15) is 48.1 Å². The van der Waals surface area contributed by atoms with Crippen LogP contribution in [-0.4, -0.2) is 38.4 Å². The second kappa shape index (κ2) is 7.14. The molecule has 4 rings (SSSR count). The average molecular weight is 362 g/mol. The number of nitrogens with zero attached hydrogens (tertiary/aromatic N) is 4. The maximum atomic E-state index is 12.9. The third-order valence-corrected chi connectivity index (χ3v) is 5.46. The van der Waals surface area contributed by atoms with Crippen LogP contribution in [0.2, 0.25) is 0 Å². The van der Waals surface area contributed by atoms with E-state index in [2.05, 4.69) is 23.4 Å². The number of aryl methyl sites for hydroxylation is 1. The van der Waals surface area contributed by atoms with Crippen molar-refractivity contribution < 1.29 is 4.79 Å². The smallest absolute Gasteiger partial charge is 0.254 e. The van der Waals surface area contributed by atoms with Gasteiger partial charge in [0.15, 0.2) is 5.65 Å². The van der Waals surface area contributed by atoms with Gasteiger partial charge in [-0.15, -0.1) is 0 Å². The van der Waals surface area contributed by atoms with Gasteiger partial charge in [-0.2, -0.15) is 0 Å². The third-order valence-electron chi connectivity index (χ3n) is 5.46. The number of aromatic nitrogens is 3. The highest BCUT2D eigenvalue weighted by Gasteiger charge is 2.29. The van der Waals surface area contributed by atoms with Crippen molar-refractivity contribution in [1.29, 1.82) is 0 Å². The standard InChI is InChI=1S/C22H26N4O/c1-15(2)26-20(24-19-9-6-11-23-21(19)26)13-17-10-12-25(14-17)22(27)18-8-5-4-7-16(18)3/h4-9,11,15,17H,10,12-14H2,1-3H3/t17-/m1/s1. The second-order valence-electron chi connectivity index (χ2n) is 7.76. The number of pyridine rings is 1. The summed E-state index contributed by atoms with van der Waals surface area (Å²) < 4.78 is 2.24. The van der Waals surface area contributed by atoms with Crippen molar-refractivity contribution in [3.63, 3.8) is 0 Å². The Morgan fingerprint density at radius 2 is 2.04 bits per heavy atom. The first-order valence-corrected chi connectivity index (χ1v) is 9.71. The van der Waals surface area contributed by atoms with E-state index in [4.69, 9.17) is 4.98 Å². The molecule has 0 bridgehead atoms. The van der Waals surface area contributed by atoms with Gasteiger partial charge in [0.2, 0.25) is 0 Å². The Bertz CT molecular complexity index is 975. The number of hydrogen-bond donors (Lipinski definition) is 0. The van der Waals surface area contributed by atoms with Crippen molar-refractivity contribution in [2.45, 2.75) is 39.7 Å². The number of hydrogen-bond acceptors (Lipinski definition) is 3. The van der Waals surface area contributed by atoms with Crippen LogP contribution in [0.5, 0.6) is 0 Å². The molecule has 0 saturated carbocycles. The van der Waals surface area contributed by atoms with E-state index < -0.39 is 0 Å². The maximum Gasteiger partial charge on any atom is 0.254 e. The van der Waals surface area contributed by atoms with Gasteiger partial charge in [-0.05, 0) is 56.9 Å². The van der Waals surface area contributed by atoms with E-state index in [0.717, 1.165) is 54.0 Å². The molecule has 27 heavy (non-hydrogen) atoms. The quantitative estimate of drug-likeness (QED) is 0.704. The topological polar surface area (TPSA) is 51.0 Å². The fraction of sp³-hybridized carbons (Fsp3) is 0.409. The Hall–Kier alpha value is -2.69. The lowest BCUT2D eigenvalue weighted by molar-refractivity contribution is 0.0786. The van der Waals surface area contributed by atoms with Crippen LogP contribution < -0.4 is 0 Å². The van der Waals surface area contributed by atoms with Gasteiger partial charge in [0.1, 0.15) is 11.3 Å². The molecule has 0 radical (unpaired) electrons. The zero-order valence-electron chi connectivity index (χ0n) is 16.2. The van der Waals surface area contributed by atoms with Gasteiger partial charge in [-0.3, -0.25) is 4.79 Å². The van der Waals surface area contributed by atoms with Crippen molar-refractivity contribution >= 4 is 17.1 Å². The summed E-state index contributed by atoms with van der Waals surface area (Å²) >= 11 is 0. The molecular formula is C22H26N4O. The maximum absolute atomic E-state index is 12.9. The van der Waals surface area contributed by atoms with E-state index in [1.165, 1.54) is 0 Å². The second-order valence-corrected chi connectivity index (χ2v) is 7.76. The number of amides is 1. The van der Waals surface area contributed by atoms with Crippen LogP contribution in [-0.2, 0) is 6.42 Å². The predicted molar refractivity (Wildman–Crippen MR) is 107 cm³/mol. The summed E-state index contributed by atoms with van der Waals surface area (Å²) in [6.07, 6.45) is 3.73. The van der Waals surface area contributed by atoms with Gasteiger partial charge < -0.3 is 9.47 Å². The molecule has 1 aliphatic heterocycles. The molecule has 0 unspecified atom stereocenters. The van der Waals surface area contributed by atoms with E-state index >= 15 is 0 Å². The third kappa shape index (κ3) is 3.34. The Morgan fingerprint density at radius 1 is 1.22 bits per heavy atom. The molecule has 5 heteroatoms. The molecule has 140 valence electrons. The zero-order valence-corrected chi connectivity index (χ0v) is 16.2. The minimum absolute atomic E-state index is 0.148. The number of imidazole rings is 1. The Morgan fingerprint density at radius 3 is 2.81 bits per heavy atom. The van der Waals surface area contributed by atoms with E-state index in [1.807, 2.05) is 54.4 Å². The summed E-state index contributed by atoms with van der Waals surface area (Å²) in [7, 11) is 0. The lowest BCUT2D eigenvalue weighted by Gasteiger charge is -2.18. The van der Waals surface area contributed by atoms with Crippen LogP contribution in [0, 0.1) is 12.8 Å². The van der Waals surface area contributed by atoms with Crippen molar-refractivity contribution in [1.82, 2.24) is 19.4 Å². The Kier molecular flexibility index (Phi) is 4.68. The number of carbonyl (C=O) groups is 1. The van der Waals surface area contributed by atoms with E-state index in [1.54, 1.807) is 0 Å². The fourth-order valence-electron chi connectivity index (χ4n) is 4.09. The highest BCUT2D eigenvalue weighted by molar-refractivity contribution is 5.95. The molecular weight excluding hydrogens is 336 g/mol. The van der Waals surface area contributed by atoms with Crippen LogP contribution in [0.15, 0.2) is 42.6 Å². The molecule has 0 aliphatic carbocycles. The van der Waals surface area contributed by atoms with Crippen LogP contribution in [0.3, 0.4) is 0 Å². The van der Waals surface area contributed by atoms with Gasteiger partial charge in [0.05, 0.1) is 0 Å². The Balaban J connectivity index is 1.52. The molecule has 0 spiro atoms. The minimum Gasteiger partial charge on any atom is -0.338 e. The molecule has 1 fully saturated rings. The molecule has 2 aromatic heterocycles. The van der Waals surface area contributed by atoms with Gasteiger partial charge >= 0.3 is 0 Å². The van der Waals surface area contributed by atoms with E-state index in [9.17, 15) is 4.79 Å². The first kappa shape index (κ1) is 17.7. The highest BCUT2D eigenvalue weighted by Crippen LogP contribution is 2.26. The summed E-state index contributed by atoms with van der Waals surface area (Å²) in [5.41, 5.74) is 3.76. The lowest BCUT2D eigenvalue weighted by Crippen LogP contribution is -2.29. The van der Waals surface area contributed by atoms with Gasteiger partial charge in [0.25, 0.3) is 5.91 Å². The zero-order chi connectivity index (χ0) is 19.0. The van der Waals surface area contributed by atoms with E-state index in [0.29, 0.717) is 12.0 Å². The highest BCUT2D eigenvalue weighted by atomic mass is 16.2. The first-order chi connectivity index (χ1) is 13.0. The SMILES string of the molecule is Cc1ccccc1C(=O)N1CC[C@H](Cc2nc3cccnc3n2C(C)C)C1. The molecule has 1 amide bonds. The van der Waals surface area contributed by atoms with Gasteiger partial charge in [0, 0.05) is 37.3 Å². The van der Waals surface area contributed by atoms with Crippen molar-refractivity contribution in [2.75, 3.05) is 13.1 Å². The Labute approximate surface area is 160 Å². The average Bonchev–Trinajstić information content (AvgIpc) is 3.26. The fourth-order valence-corrected chi connectivity index (χ4v) is 4.09. The normalized spacial score (nSPS) is 17.2. The summed E-state index contributed by atoms with van der Waals surface area (Å²) in [4.78, 5) is 24.2. The monoisotopic (exact) mass is 362 g/mol. The molecule has 1 atom stereocenters. The largest absolute Gasteiger partial charge is 0.338 e. The van der Waals surface area contributed by atoms with Crippen LogP contribution >= 0.6 is 0 Å². The molecule has 0 N–H and O–H groups in total. The van der Waals surface area contributed by atoms with Crippen molar-refractivity contribution in [2.24, 2.45) is 5.92 Å². The van der Waals surface area contributed by atoms with Crippen LogP contribution in [0.25, 0.3) is 11.2 Å². The molecule has 3 aromatic rings. The van der Waals surface area contributed by atoms with Crippen LogP contribution in [0.4, 0.5) is 0 Å².